The fourth-order valence-corrected chi connectivity index (χ4v) is 2.12. The number of nitrogens with one attached hydrogen (secondary N) is 2. The molecule has 0 aliphatic carbocycles. The molecule has 0 aliphatic heterocycles. The molecule has 23 heavy (non-hydrogen) atoms. The minimum absolute atomic E-state index is 0.165. The monoisotopic (exact) mass is 339 g/mol. The van der Waals surface area contributed by atoms with Crippen LogP contribution < -0.4 is 10.6 Å². The first kappa shape index (κ1) is 19.3. The van der Waals surface area contributed by atoms with Gasteiger partial charge in [0.05, 0.1) is 7.11 Å². The smallest absolute Gasteiger partial charge is 0.305 e. The summed E-state index contributed by atoms with van der Waals surface area (Å²) in [5.74, 6) is 0.640. The first-order valence-electron chi connectivity index (χ1n) is 7.99. The zero-order chi connectivity index (χ0) is 16.9. The first-order chi connectivity index (χ1) is 11.2. The van der Waals surface area contributed by atoms with Gasteiger partial charge in [0.2, 0.25) is 0 Å². The van der Waals surface area contributed by atoms with Crippen LogP contribution in [0, 0.1) is 0 Å². The van der Waals surface area contributed by atoms with Crippen LogP contribution in [0.25, 0.3) is 0 Å². The van der Waals surface area contributed by atoms with Crippen LogP contribution in [-0.2, 0) is 16.0 Å². The van der Waals surface area contributed by atoms with Gasteiger partial charge in [0, 0.05) is 31.1 Å². The van der Waals surface area contributed by atoms with E-state index in [1.807, 2.05) is 31.2 Å². The van der Waals surface area contributed by atoms with Crippen molar-refractivity contribution in [2.75, 3.05) is 26.7 Å². The molecule has 0 radical (unpaired) electrons. The standard InChI is InChI=1S/C17H26ClN3O2/c1-3-19-17(20-12-5-4-6-16(22)23-2)21-13-11-14-7-9-15(18)10-8-14/h7-10H,3-6,11-13H2,1-2H3,(H2,19,20,21). The molecule has 0 saturated carbocycles. The average molecular weight is 340 g/mol. The van der Waals surface area contributed by atoms with Gasteiger partial charge in [0.1, 0.15) is 0 Å². The van der Waals surface area contributed by atoms with E-state index in [0.29, 0.717) is 13.0 Å². The Labute approximate surface area is 143 Å². The molecular formula is C17H26ClN3O2. The van der Waals surface area contributed by atoms with Crippen molar-refractivity contribution in [1.82, 2.24) is 10.6 Å². The van der Waals surface area contributed by atoms with Gasteiger partial charge in [-0.1, -0.05) is 23.7 Å². The number of aliphatic imine (C=N–C) groups is 1. The number of hydrogen-bond acceptors (Lipinski definition) is 3. The zero-order valence-corrected chi connectivity index (χ0v) is 14.7. The number of esters is 1. The van der Waals surface area contributed by atoms with Gasteiger partial charge in [-0.3, -0.25) is 9.79 Å². The topological polar surface area (TPSA) is 62.7 Å². The molecule has 1 rings (SSSR count). The normalized spacial score (nSPS) is 11.2. The molecule has 0 fully saturated rings. The summed E-state index contributed by atoms with van der Waals surface area (Å²) in [4.78, 5) is 15.5. The van der Waals surface area contributed by atoms with Crippen molar-refractivity contribution in [3.05, 3.63) is 34.9 Å². The third-order valence-electron chi connectivity index (χ3n) is 3.25. The van der Waals surface area contributed by atoms with Crippen molar-refractivity contribution in [2.45, 2.75) is 32.6 Å². The summed E-state index contributed by atoms with van der Waals surface area (Å²) >= 11 is 5.88. The van der Waals surface area contributed by atoms with E-state index in [1.54, 1.807) is 0 Å². The quantitative estimate of drug-likeness (QED) is 0.314. The third kappa shape index (κ3) is 9.08. The van der Waals surface area contributed by atoms with Crippen molar-refractivity contribution < 1.29 is 9.53 Å². The van der Waals surface area contributed by atoms with E-state index in [2.05, 4.69) is 20.4 Å². The molecule has 0 heterocycles. The summed E-state index contributed by atoms with van der Waals surface area (Å²) in [5.41, 5.74) is 1.23. The van der Waals surface area contributed by atoms with Crippen LogP contribution >= 0.6 is 11.6 Å². The summed E-state index contributed by atoms with van der Waals surface area (Å²) in [6.45, 7) is 4.34. The predicted molar refractivity (Wildman–Crippen MR) is 95.0 cm³/mol. The first-order valence-corrected chi connectivity index (χ1v) is 8.37. The number of carbonyl (C=O) groups is 1. The number of carbonyl (C=O) groups excluding carboxylic acids is 1. The number of methoxy groups -OCH3 is 1. The highest BCUT2D eigenvalue weighted by Gasteiger charge is 2.00. The SMILES string of the molecule is CCNC(=NCCCCC(=O)OC)NCCc1ccc(Cl)cc1. The van der Waals surface area contributed by atoms with Gasteiger partial charge in [-0.25, -0.2) is 0 Å². The molecule has 0 aliphatic rings. The van der Waals surface area contributed by atoms with Gasteiger partial charge in [0.15, 0.2) is 5.96 Å². The number of guanidine groups is 1. The van der Waals surface area contributed by atoms with Crippen LogP contribution in [0.4, 0.5) is 0 Å². The maximum Gasteiger partial charge on any atom is 0.305 e. The Bertz CT molecular complexity index is 489. The molecule has 1 aromatic rings. The third-order valence-corrected chi connectivity index (χ3v) is 3.50. The molecule has 0 bridgehead atoms. The van der Waals surface area contributed by atoms with E-state index in [4.69, 9.17) is 11.6 Å². The Morgan fingerprint density at radius 2 is 1.96 bits per heavy atom. The number of nitrogens with zero attached hydrogens (tertiary/aromatic N) is 1. The van der Waals surface area contributed by atoms with Gasteiger partial charge in [0.25, 0.3) is 0 Å². The van der Waals surface area contributed by atoms with E-state index >= 15 is 0 Å². The molecule has 0 spiro atoms. The highest BCUT2D eigenvalue weighted by atomic mass is 35.5. The Hall–Kier alpha value is -1.75. The van der Waals surface area contributed by atoms with Gasteiger partial charge in [-0.15, -0.1) is 0 Å². The maximum atomic E-state index is 11.0. The number of benzene rings is 1. The average Bonchev–Trinajstić information content (AvgIpc) is 2.56. The van der Waals surface area contributed by atoms with Crippen LogP contribution in [0.2, 0.25) is 5.02 Å². The molecule has 0 amide bonds. The maximum absolute atomic E-state index is 11.0. The fraction of sp³-hybridized carbons (Fsp3) is 0.529. The van der Waals surface area contributed by atoms with Crippen molar-refractivity contribution in [1.29, 1.82) is 0 Å². The molecule has 0 saturated heterocycles. The number of ether oxygens (including phenoxy) is 1. The van der Waals surface area contributed by atoms with Crippen LogP contribution in [0.5, 0.6) is 0 Å². The predicted octanol–water partition coefficient (Wildman–Crippen LogP) is 2.78. The molecule has 5 nitrogen and oxygen atoms in total. The van der Waals surface area contributed by atoms with Gasteiger partial charge in [-0.05, 0) is 43.9 Å². The molecule has 0 unspecified atom stereocenters. The lowest BCUT2D eigenvalue weighted by atomic mass is 10.1. The van der Waals surface area contributed by atoms with Crippen molar-refractivity contribution in [2.24, 2.45) is 4.99 Å². The van der Waals surface area contributed by atoms with E-state index in [0.717, 1.165) is 43.3 Å². The van der Waals surface area contributed by atoms with Crippen LogP contribution in [-0.4, -0.2) is 38.7 Å². The molecule has 1 aromatic carbocycles. The zero-order valence-electron chi connectivity index (χ0n) is 13.9. The molecular weight excluding hydrogens is 314 g/mol. The second-order valence-electron chi connectivity index (χ2n) is 5.10. The van der Waals surface area contributed by atoms with Crippen LogP contribution in [0.3, 0.4) is 0 Å². The summed E-state index contributed by atoms with van der Waals surface area (Å²) in [6.07, 6.45) is 3.01. The van der Waals surface area contributed by atoms with Gasteiger partial charge < -0.3 is 15.4 Å². The summed E-state index contributed by atoms with van der Waals surface area (Å²) < 4.78 is 4.61. The number of unbranched alkanes of at least 4 members (excludes halogenated alkanes) is 1. The second kappa shape index (κ2) is 11.8. The van der Waals surface area contributed by atoms with E-state index in [9.17, 15) is 4.79 Å². The summed E-state index contributed by atoms with van der Waals surface area (Å²) in [5, 5.41) is 7.28. The lowest BCUT2D eigenvalue weighted by Crippen LogP contribution is -2.38. The van der Waals surface area contributed by atoms with Gasteiger partial charge in [-0.2, -0.15) is 0 Å². The number of hydrogen-bond donors (Lipinski definition) is 2. The van der Waals surface area contributed by atoms with Crippen molar-refractivity contribution >= 4 is 23.5 Å². The Kier molecular flexibility index (Phi) is 9.87. The molecule has 128 valence electrons. The fourth-order valence-electron chi connectivity index (χ4n) is 1.99. The summed E-state index contributed by atoms with van der Waals surface area (Å²) in [7, 11) is 1.41. The Morgan fingerprint density at radius 1 is 1.22 bits per heavy atom. The van der Waals surface area contributed by atoms with E-state index in [1.165, 1.54) is 12.7 Å². The highest BCUT2D eigenvalue weighted by molar-refractivity contribution is 6.30. The number of rotatable bonds is 9. The van der Waals surface area contributed by atoms with E-state index < -0.39 is 0 Å². The lowest BCUT2D eigenvalue weighted by molar-refractivity contribution is -0.140. The second-order valence-corrected chi connectivity index (χ2v) is 5.53. The Morgan fingerprint density at radius 3 is 2.61 bits per heavy atom. The highest BCUT2D eigenvalue weighted by Crippen LogP contribution is 2.09. The molecule has 6 heteroatoms. The molecule has 0 aromatic heterocycles. The minimum Gasteiger partial charge on any atom is -0.469 e. The van der Waals surface area contributed by atoms with Crippen molar-refractivity contribution in [3.8, 4) is 0 Å². The minimum atomic E-state index is -0.165. The molecule has 0 atom stereocenters. The van der Waals surface area contributed by atoms with E-state index in [-0.39, 0.29) is 5.97 Å². The number of halogens is 1. The van der Waals surface area contributed by atoms with Crippen molar-refractivity contribution in [3.63, 3.8) is 0 Å². The lowest BCUT2D eigenvalue weighted by Gasteiger charge is -2.11. The van der Waals surface area contributed by atoms with Crippen LogP contribution in [0.1, 0.15) is 31.7 Å². The molecule has 2 N–H and O–H groups in total. The van der Waals surface area contributed by atoms with Crippen LogP contribution in [0.15, 0.2) is 29.3 Å². The van der Waals surface area contributed by atoms with Gasteiger partial charge >= 0.3 is 5.97 Å². The summed E-state index contributed by atoms with van der Waals surface area (Å²) in [6, 6.07) is 7.86. The largest absolute Gasteiger partial charge is 0.469 e. The Balaban J connectivity index is 2.28.